The number of benzene rings is 1. The SMILES string of the molecule is COc1cccc(OC)c1SCc1nnc(C2CC2)n1C. The Morgan fingerprint density at radius 3 is 2.43 bits per heavy atom. The summed E-state index contributed by atoms with van der Waals surface area (Å²) in [7, 11) is 5.39. The van der Waals surface area contributed by atoms with Gasteiger partial charge in [0.05, 0.1) is 24.9 Å². The number of rotatable bonds is 6. The molecule has 0 unspecified atom stereocenters. The third kappa shape index (κ3) is 2.85. The van der Waals surface area contributed by atoms with Gasteiger partial charge in [0.1, 0.15) is 23.1 Å². The molecule has 1 heterocycles. The summed E-state index contributed by atoms with van der Waals surface area (Å²) in [6, 6.07) is 5.81. The number of ether oxygens (including phenoxy) is 2. The fourth-order valence-corrected chi connectivity index (χ4v) is 3.41. The molecule has 0 aliphatic heterocycles. The van der Waals surface area contributed by atoms with Crippen LogP contribution < -0.4 is 9.47 Å². The molecule has 0 atom stereocenters. The zero-order chi connectivity index (χ0) is 14.8. The Hall–Kier alpha value is -1.69. The standard InChI is InChI=1S/C15H19N3O2S/c1-18-13(16-17-15(18)10-7-8-10)9-21-14-11(19-2)5-4-6-12(14)20-3/h4-6,10H,7-9H2,1-3H3. The summed E-state index contributed by atoms with van der Waals surface area (Å²) >= 11 is 1.66. The Labute approximate surface area is 128 Å². The first-order valence-corrected chi connectivity index (χ1v) is 7.95. The second kappa shape index (κ2) is 5.97. The van der Waals surface area contributed by atoms with E-state index in [4.69, 9.17) is 9.47 Å². The highest BCUT2D eigenvalue weighted by atomic mass is 32.2. The predicted molar refractivity (Wildman–Crippen MR) is 82.1 cm³/mol. The van der Waals surface area contributed by atoms with Crippen molar-refractivity contribution in [3.05, 3.63) is 29.8 Å². The molecule has 3 rings (SSSR count). The zero-order valence-electron chi connectivity index (χ0n) is 12.5. The molecule has 0 bridgehead atoms. The van der Waals surface area contributed by atoms with E-state index in [2.05, 4.69) is 14.8 Å². The number of methoxy groups -OCH3 is 2. The van der Waals surface area contributed by atoms with Gasteiger partial charge in [-0.3, -0.25) is 0 Å². The smallest absolute Gasteiger partial charge is 0.143 e. The van der Waals surface area contributed by atoms with E-state index in [-0.39, 0.29) is 0 Å². The second-order valence-electron chi connectivity index (χ2n) is 5.09. The highest BCUT2D eigenvalue weighted by Crippen LogP contribution is 2.41. The van der Waals surface area contributed by atoms with Gasteiger partial charge in [-0.15, -0.1) is 22.0 Å². The van der Waals surface area contributed by atoms with Crippen molar-refractivity contribution in [2.75, 3.05) is 14.2 Å². The Kier molecular flexibility index (Phi) is 4.05. The van der Waals surface area contributed by atoms with Gasteiger partial charge in [0.2, 0.25) is 0 Å². The summed E-state index contributed by atoms with van der Waals surface area (Å²) in [5.74, 6) is 5.09. The van der Waals surface area contributed by atoms with Gasteiger partial charge in [0, 0.05) is 13.0 Å². The maximum Gasteiger partial charge on any atom is 0.143 e. The van der Waals surface area contributed by atoms with Crippen molar-refractivity contribution in [1.82, 2.24) is 14.8 Å². The first kappa shape index (κ1) is 14.3. The summed E-state index contributed by atoms with van der Waals surface area (Å²) in [6.45, 7) is 0. The molecule has 6 heteroatoms. The number of aromatic nitrogens is 3. The highest BCUT2D eigenvalue weighted by Gasteiger charge is 2.29. The summed E-state index contributed by atoms with van der Waals surface area (Å²) in [6.07, 6.45) is 2.47. The third-order valence-electron chi connectivity index (χ3n) is 3.67. The van der Waals surface area contributed by atoms with E-state index in [1.807, 2.05) is 25.2 Å². The van der Waals surface area contributed by atoms with Gasteiger partial charge < -0.3 is 14.0 Å². The topological polar surface area (TPSA) is 49.2 Å². The molecule has 1 fully saturated rings. The molecule has 1 aliphatic carbocycles. The molecule has 1 aromatic heterocycles. The first-order chi connectivity index (χ1) is 10.2. The van der Waals surface area contributed by atoms with Gasteiger partial charge >= 0.3 is 0 Å². The molecule has 0 amide bonds. The molecular formula is C15H19N3O2S. The Balaban J connectivity index is 1.78. The molecule has 112 valence electrons. The highest BCUT2D eigenvalue weighted by molar-refractivity contribution is 7.98. The van der Waals surface area contributed by atoms with Crippen LogP contribution in [0.4, 0.5) is 0 Å². The van der Waals surface area contributed by atoms with Crippen LogP contribution in [0.5, 0.6) is 11.5 Å². The van der Waals surface area contributed by atoms with Crippen molar-refractivity contribution >= 4 is 11.8 Å². The monoisotopic (exact) mass is 305 g/mol. The van der Waals surface area contributed by atoms with Crippen molar-refractivity contribution < 1.29 is 9.47 Å². The predicted octanol–water partition coefficient (Wildman–Crippen LogP) is 3.00. The minimum Gasteiger partial charge on any atom is -0.495 e. The molecule has 0 saturated heterocycles. The average Bonchev–Trinajstić information content (AvgIpc) is 3.29. The fourth-order valence-electron chi connectivity index (χ4n) is 2.29. The Bertz CT molecular complexity index is 616. The van der Waals surface area contributed by atoms with E-state index in [0.717, 1.165) is 33.8 Å². The molecular weight excluding hydrogens is 286 g/mol. The summed E-state index contributed by atoms with van der Waals surface area (Å²) in [5.41, 5.74) is 0. The van der Waals surface area contributed by atoms with Crippen LogP contribution in [0.1, 0.15) is 30.4 Å². The Morgan fingerprint density at radius 2 is 1.86 bits per heavy atom. The van der Waals surface area contributed by atoms with Crippen LogP contribution in [0.25, 0.3) is 0 Å². The van der Waals surface area contributed by atoms with Crippen LogP contribution in [-0.4, -0.2) is 29.0 Å². The first-order valence-electron chi connectivity index (χ1n) is 6.96. The summed E-state index contributed by atoms with van der Waals surface area (Å²) in [5, 5.41) is 8.63. The van der Waals surface area contributed by atoms with E-state index < -0.39 is 0 Å². The van der Waals surface area contributed by atoms with Gasteiger partial charge in [-0.1, -0.05) is 6.07 Å². The van der Waals surface area contributed by atoms with Gasteiger partial charge in [-0.05, 0) is 25.0 Å². The minimum absolute atomic E-state index is 0.613. The molecule has 21 heavy (non-hydrogen) atoms. The lowest BCUT2D eigenvalue weighted by molar-refractivity contribution is 0.376. The van der Waals surface area contributed by atoms with Crippen LogP contribution in [0.15, 0.2) is 23.1 Å². The summed E-state index contributed by atoms with van der Waals surface area (Å²) < 4.78 is 13.0. The lowest BCUT2D eigenvalue weighted by Gasteiger charge is -2.12. The molecule has 5 nitrogen and oxygen atoms in total. The number of hydrogen-bond acceptors (Lipinski definition) is 5. The molecule has 1 saturated carbocycles. The van der Waals surface area contributed by atoms with Gasteiger partial charge in [0.15, 0.2) is 0 Å². The van der Waals surface area contributed by atoms with E-state index in [0.29, 0.717) is 5.92 Å². The lowest BCUT2D eigenvalue weighted by atomic mass is 10.3. The maximum atomic E-state index is 5.42. The average molecular weight is 305 g/mol. The van der Waals surface area contributed by atoms with Crippen molar-refractivity contribution in [3.63, 3.8) is 0 Å². The second-order valence-corrected chi connectivity index (χ2v) is 6.07. The molecule has 2 aromatic rings. The molecule has 0 radical (unpaired) electrons. The Morgan fingerprint density at radius 1 is 1.19 bits per heavy atom. The normalized spacial score (nSPS) is 14.2. The van der Waals surface area contributed by atoms with Gasteiger partial charge in [-0.2, -0.15) is 0 Å². The largest absolute Gasteiger partial charge is 0.495 e. The zero-order valence-corrected chi connectivity index (χ0v) is 13.3. The molecule has 1 aromatic carbocycles. The molecule has 0 N–H and O–H groups in total. The number of thioether (sulfide) groups is 1. The van der Waals surface area contributed by atoms with Gasteiger partial charge in [0.25, 0.3) is 0 Å². The number of hydrogen-bond donors (Lipinski definition) is 0. The van der Waals surface area contributed by atoms with E-state index in [9.17, 15) is 0 Å². The van der Waals surface area contributed by atoms with Crippen molar-refractivity contribution in [1.29, 1.82) is 0 Å². The molecule has 0 spiro atoms. The van der Waals surface area contributed by atoms with Crippen LogP contribution >= 0.6 is 11.8 Å². The third-order valence-corrected chi connectivity index (χ3v) is 4.76. The van der Waals surface area contributed by atoms with Crippen molar-refractivity contribution in [3.8, 4) is 11.5 Å². The van der Waals surface area contributed by atoms with Crippen LogP contribution in [0, 0.1) is 0 Å². The molecule has 1 aliphatic rings. The van der Waals surface area contributed by atoms with Gasteiger partial charge in [-0.25, -0.2) is 0 Å². The van der Waals surface area contributed by atoms with E-state index in [1.54, 1.807) is 26.0 Å². The van der Waals surface area contributed by atoms with Crippen LogP contribution in [0.2, 0.25) is 0 Å². The van der Waals surface area contributed by atoms with E-state index >= 15 is 0 Å². The minimum atomic E-state index is 0.613. The van der Waals surface area contributed by atoms with Crippen LogP contribution in [-0.2, 0) is 12.8 Å². The van der Waals surface area contributed by atoms with Crippen LogP contribution in [0.3, 0.4) is 0 Å². The maximum absolute atomic E-state index is 5.42. The van der Waals surface area contributed by atoms with E-state index in [1.165, 1.54) is 12.8 Å². The lowest BCUT2D eigenvalue weighted by Crippen LogP contribution is -2.00. The van der Waals surface area contributed by atoms with Crippen molar-refractivity contribution in [2.24, 2.45) is 7.05 Å². The summed E-state index contributed by atoms with van der Waals surface area (Å²) in [4.78, 5) is 0.999. The van der Waals surface area contributed by atoms with Crippen molar-refractivity contribution in [2.45, 2.75) is 29.4 Å². The fraction of sp³-hybridized carbons (Fsp3) is 0.467. The quantitative estimate of drug-likeness (QED) is 0.768. The number of nitrogens with zero attached hydrogens (tertiary/aromatic N) is 3.